The lowest BCUT2D eigenvalue weighted by molar-refractivity contribution is -0.135. The predicted octanol–water partition coefficient (Wildman–Crippen LogP) is 4.08. The second-order valence-corrected chi connectivity index (χ2v) is 8.54. The summed E-state index contributed by atoms with van der Waals surface area (Å²) < 4.78 is 7.23. The van der Waals surface area contributed by atoms with E-state index in [1.54, 1.807) is 28.9 Å². The second kappa shape index (κ2) is 8.93. The van der Waals surface area contributed by atoms with Crippen molar-refractivity contribution < 1.29 is 14.3 Å². The number of hydrogen-bond acceptors (Lipinski definition) is 5. The number of nitrogens with zero attached hydrogens (tertiary/aromatic N) is 4. The monoisotopic (exact) mass is 400 g/mol. The third-order valence-electron chi connectivity index (χ3n) is 5.73. The molecule has 0 spiro atoms. The van der Waals surface area contributed by atoms with Gasteiger partial charge in [-0.3, -0.25) is 4.79 Å². The van der Waals surface area contributed by atoms with Crippen molar-refractivity contribution in [1.82, 2.24) is 19.7 Å². The van der Waals surface area contributed by atoms with Crippen molar-refractivity contribution in [3.63, 3.8) is 0 Å². The zero-order valence-electron chi connectivity index (χ0n) is 18.1. The third-order valence-corrected chi connectivity index (χ3v) is 5.73. The molecule has 7 nitrogen and oxygen atoms in total. The fraction of sp³-hybridized carbons (Fsp3) is 0.636. The van der Waals surface area contributed by atoms with Gasteiger partial charge in [0, 0.05) is 24.8 Å². The SMILES string of the molecule is CC(C)c1cc(C(=O)OCC(=O)N(C)C2CCCCC2)c2cnn(C(C)C)c2n1. The van der Waals surface area contributed by atoms with E-state index in [1.165, 1.54) is 6.42 Å². The van der Waals surface area contributed by atoms with Gasteiger partial charge >= 0.3 is 5.97 Å². The highest BCUT2D eigenvalue weighted by Gasteiger charge is 2.24. The number of esters is 1. The zero-order valence-corrected chi connectivity index (χ0v) is 18.1. The number of rotatable bonds is 6. The van der Waals surface area contributed by atoms with Gasteiger partial charge < -0.3 is 9.64 Å². The summed E-state index contributed by atoms with van der Waals surface area (Å²) in [7, 11) is 1.81. The van der Waals surface area contributed by atoms with Gasteiger partial charge in [0.05, 0.1) is 17.1 Å². The van der Waals surface area contributed by atoms with Crippen LogP contribution in [0.1, 0.15) is 87.8 Å². The first kappa shape index (κ1) is 21.3. The van der Waals surface area contributed by atoms with E-state index in [9.17, 15) is 9.59 Å². The minimum atomic E-state index is -0.506. The number of carbonyl (C=O) groups is 2. The normalized spacial score (nSPS) is 15.3. The van der Waals surface area contributed by atoms with Crippen molar-refractivity contribution in [2.24, 2.45) is 0 Å². The predicted molar refractivity (Wildman–Crippen MR) is 112 cm³/mol. The van der Waals surface area contributed by atoms with Gasteiger partial charge in [-0.2, -0.15) is 5.10 Å². The van der Waals surface area contributed by atoms with Crippen molar-refractivity contribution in [1.29, 1.82) is 0 Å². The maximum atomic E-state index is 12.9. The molecule has 7 heteroatoms. The van der Waals surface area contributed by atoms with E-state index in [0.717, 1.165) is 31.4 Å². The standard InChI is InChI=1S/C22H32N4O3/c1-14(2)19-11-17(18-12-23-26(15(3)4)21(18)24-19)22(28)29-13-20(27)25(5)16-9-7-6-8-10-16/h11-12,14-16H,6-10,13H2,1-5H3. The molecule has 2 aromatic heterocycles. The summed E-state index contributed by atoms with van der Waals surface area (Å²) >= 11 is 0. The van der Waals surface area contributed by atoms with Gasteiger partial charge in [-0.05, 0) is 38.7 Å². The van der Waals surface area contributed by atoms with E-state index in [-0.39, 0.29) is 30.5 Å². The molecule has 0 saturated heterocycles. The Morgan fingerprint density at radius 3 is 2.52 bits per heavy atom. The van der Waals surface area contributed by atoms with Gasteiger partial charge in [-0.25, -0.2) is 14.5 Å². The van der Waals surface area contributed by atoms with E-state index >= 15 is 0 Å². The average Bonchev–Trinajstić information content (AvgIpc) is 3.15. The molecule has 0 atom stereocenters. The fourth-order valence-electron chi connectivity index (χ4n) is 3.86. The quantitative estimate of drug-likeness (QED) is 0.683. The van der Waals surface area contributed by atoms with Crippen molar-refractivity contribution in [3.8, 4) is 0 Å². The van der Waals surface area contributed by atoms with Crippen molar-refractivity contribution in [2.45, 2.75) is 77.8 Å². The average molecular weight is 401 g/mol. The molecular weight excluding hydrogens is 368 g/mol. The highest BCUT2D eigenvalue weighted by Crippen LogP contribution is 2.25. The number of fused-ring (bicyclic) bond motifs is 1. The van der Waals surface area contributed by atoms with Gasteiger partial charge in [-0.15, -0.1) is 0 Å². The number of amides is 1. The number of carbonyl (C=O) groups excluding carboxylic acids is 2. The molecule has 2 heterocycles. The molecular formula is C22H32N4O3. The molecule has 0 N–H and O–H groups in total. The lowest BCUT2D eigenvalue weighted by Crippen LogP contribution is -2.40. The van der Waals surface area contributed by atoms with E-state index in [0.29, 0.717) is 16.6 Å². The van der Waals surface area contributed by atoms with Crippen LogP contribution in [0.3, 0.4) is 0 Å². The Labute approximate surface area is 172 Å². The fourth-order valence-corrected chi connectivity index (χ4v) is 3.86. The van der Waals surface area contributed by atoms with Gasteiger partial charge in [0.2, 0.25) is 0 Å². The summed E-state index contributed by atoms with van der Waals surface area (Å²) in [5.74, 6) is -0.508. The van der Waals surface area contributed by atoms with Crippen molar-refractivity contribution in [3.05, 3.63) is 23.5 Å². The number of pyridine rings is 1. The Bertz CT molecular complexity index is 882. The maximum Gasteiger partial charge on any atom is 0.339 e. The molecule has 1 fully saturated rings. The summed E-state index contributed by atoms with van der Waals surface area (Å²) in [6, 6.07) is 2.13. The molecule has 1 saturated carbocycles. The topological polar surface area (TPSA) is 77.3 Å². The Hall–Kier alpha value is -2.44. The highest BCUT2D eigenvalue weighted by atomic mass is 16.5. The molecule has 0 radical (unpaired) electrons. The minimum absolute atomic E-state index is 0.122. The van der Waals surface area contributed by atoms with Gasteiger partial charge in [0.25, 0.3) is 5.91 Å². The molecule has 2 aromatic rings. The number of ether oxygens (including phenoxy) is 1. The highest BCUT2D eigenvalue weighted by molar-refractivity contribution is 6.03. The van der Waals surface area contributed by atoms with E-state index in [4.69, 9.17) is 9.72 Å². The minimum Gasteiger partial charge on any atom is -0.452 e. The summed E-state index contributed by atoms with van der Waals surface area (Å²) in [5, 5.41) is 5.05. The summed E-state index contributed by atoms with van der Waals surface area (Å²) in [6.07, 6.45) is 7.22. The second-order valence-electron chi connectivity index (χ2n) is 8.54. The van der Waals surface area contributed by atoms with Crippen LogP contribution in [0.5, 0.6) is 0 Å². The first-order chi connectivity index (χ1) is 13.8. The zero-order chi connectivity index (χ0) is 21.1. The van der Waals surface area contributed by atoms with E-state index < -0.39 is 5.97 Å². The molecule has 158 valence electrons. The smallest absolute Gasteiger partial charge is 0.339 e. The lowest BCUT2D eigenvalue weighted by atomic mass is 9.94. The molecule has 3 rings (SSSR count). The Morgan fingerprint density at radius 2 is 1.90 bits per heavy atom. The van der Waals surface area contributed by atoms with Crippen LogP contribution in [0.4, 0.5) is 0 Å². The van der Waals surface area contributed by atoms with Gasteiger partial charge in [-0.1, -0.05) is 33.1 Å². The van der Waals surface area contributed by atoms with Crippen LogP contribution in [0, 0.1) is 0 Å². The van der Waals surface area contributed by atoms with Gasteiger partial charge in [0.15, 0.2) is 12.3 Å². The lowest BCUT2D eigenvalue weighted by Gasteiger charge is -2.31. The Kier molecular flexibility index (Phi) is 6.55. The Morgan fingerprint density at radius 1 is 1.21 bits per heavy atom. The van der Waals surface area contributed by atoms with Crippen LogP contribution in [-0.4, -0.2) is 51.2 Å². The largest absolute Gasteiger partial charge is 0.452 e. The van der Waals surface area contributed by atoms with Crippen LogP contribution in [0.2, 0.25) is 0 Å². The molecule has 0 unspecified atom stereocenters. The first-order valence-electron chi connectivity index (χ1n) is 10.6. The van der Waals surface area contributed by atoms with Crippen LogP contribution < -0.4 is 0 Å². The summed E-state index contributed by atoms with van der Waals surface area (Å²) in [4.78, 5) is 31.8. The number of likely N-dealkylation sites (N-methyl/N-ethyl adjacent to an activating group) is 1. The number of hydrogen-bond donors (Lipinski definition) is 0. The van der Waals surface area contributed by atoms with Crippen molar-refractivity contribution in [2.75, 3.05) is 13.7 Å². The first-order valence-corrected chi connectivity index (χ1v) is 10.6. The maximum absolute atomic E-state index is 12.9. The summed E-state index contributed by atoms with van der Waals surface area (Å²) in [5.41, 5.74) is 1.89. The van der Waals surface area contributed by atoms with E-state index in [1.807, 2.05) is 27.7 Å². The van der Waals surface area contributed by atoms with Crippen LogP contribution in [0.25, 0.3) is 11.0 Å². The van der Waals surface area contributed by atoms with Crippen molar-refractivity contribution >= 4 is 22.9 Å². The van der Waals surface area contributed by atoms with Crippen LogP contribution in [-0.2, 0) is 9.53 Å². The molecule has 0 aliphatic heterocycles. The molecule has 1 aliphatic carbocycles. The molecule has 29 heavy (non-hydrogen) atoms. The van der Waals surface area contributed by atoms with Gasteiger partial charge in [0.1, 0.15) is 0 Å². The van der Waals surface area contributed by atoms with E-state index in [2.05, 4.69) is 5.10 Å². The molecule has 0 bridgehead atoms. The summed E-state index contributed by atoms with van der Waals surface area (Å²) in [6.45, 7) is 7.86. The van der Waals surface area contributed by atoms with Crippen LogP contribution in [0.15, 0.2) is 12.3 Å². The Balaban J connectivity index is 1.78. The molecule has 1 aliphatic rings. The van der Waals surface area contributed by atoms with Crippen LogP contribution >= 0.6 is 0 Å². The third kappa shape index (κ3) is 4.60. The molecule has 1 amide bonds. The number of aromatic nitrogens is 3. The molecule has 0 aromatic carbocycles.